The van der Waals surface area contributed by atoms with Crippen molar-refractivity contribution in [3.63, 3.8) is 0 Å². The van der Waals surface area contributed by atoms with E-state index in [9.17, 15) is 4.79 Å². The van der Waals surface area contributed by atoms with Crippen molar-refractivity contribution >= 4 is 5.97 Å². The first-order valence-corrected chi connectivity index (χ1v) is 3.79. The normalized spacial score (nSPS) is 20.7. The molecule has 0 radical (unpaired) electrons. The van der Waals surface area contributed by atoms with Gasteiger partial charge in [-0.25, -0.2) is 0 Å². The fourth-order valence-corrected chi connectivity index (χ4v) is 1.46. The van der Waals surface area contributed by atoms with Crippen molar-refractivity contribution in [2.75, 3.05) is 0 Å². The van der Waals surface area contributed by atoms with Gasteiger partial charge in [0.1, 0.15) is 6.07 Å². The molecule has 1 rings (SSSR count). The summed E-state index contributed by atoms with van der Waals surface area (Å²) in [4.78, 5) is 10.6. The molecule has 0 heterocycles. The zero-order valence-electron chi connectivity index (χ0n) is 6.59. The Bertz CT molecular complexity index is 199. The molecular weight excluding hydrogens is 142 g/mol. The van der Waals surface area contributed by atoms with Crippen LogP contribution in [0.1, 0.15) is 32.6 Å². The van der Waals surface area contributed by atoms with E-state index in [1.54, 1.807) is 0 Å². The molecule has 3 heteroatoms. The number of nitrogens with zero attached hydrogens (tertiary/aromatic N) is 1. The Balaban J connectivity index is 2.61. The van der Waals surface area contributed by atoms with Gasteiger partial charge >= 0.3 is 5.97 Å². The maximum absolute atomic E-state index is 10.6. The topological polar surface area (TPSA) is 50.1 Å². The average molecular weight is 153 g/mol. The molecule has 0 aromatic carbocycles. The zero-order valence-corrected chi connectivity index (χ0v) is 6.59. The van der Waals surface area contributed by atoms with E-state index >= 15 is 0 Å². The number of ether oxygens (including phenoxy) is 1. The number of carbonyl (C=O) groups is 1. The van der Waals surface area contributed by atoms with Gasteiger partial charge in [0.25, 0.3) is 0 Å². The Kier molecular flexibility index (Phi) is 2.13. The quantitative estimate of drug-likeness (QED) is 0.535. The van der Waals surface area contributed by atoms with Crippen LogP contribution in [0, 0.1) is 11.3 Å². The van der Waals surface area contributed by atoms with Gasteiger partial charge in [-0.1, -0.05) is 0 Å². The van der Waals surface area contributed by atoms with E-state index in [-0.39, 0.29) is 5.97 Å². The summed E-state index contributed by atoms with van der Waals surface area (Å²) >= 11 is 0. The summed E-state index contributed by atoms with van der Waals surface area (Å²) in [6.45, 7) is 1.34. The Morgan fingerprint density at radius 1 is 1.55 bits per heavy atom. The van der Waals surface area contributed by atoms with Crippen LogP contribution >= 0.6 is 0 Å². The molecule has 0 unspecified atom stereocenters. The summed E-state index contributed by atoms with van der Waals surface area (Å²) < 4.78 is 4.95. The molecule has 0 saturated heterocycles. The van der Waals surface area contributed by atoms with Crippen molar-refractivity contribution in [2.45, 2.75) is 38.2 Å². The lowest BCUT2D eigenvalue weighted by Gasteiger charge is -2.19. The third kappa shape index (κ3) is 1.70. The Morgan fingerprint density at radius 2 is 2.09 bits per heavy atom. The summed E-state index contributed by atoms with van der Waals surface area (Å²) in [6, 6.07) is 2.07. The van der Waals surface area contributed by atoms with E-state index in [0.717, 1.165) is 12.8 Å². The molecule has 0 bridgehead atoms. The standard InChI is InChI=1S/C8H11NO2/c1-7(10)11-8(6-9)4-2-3-5-8/h2-5H2,1H3. The average Bonchev–Trinajstić information content (AvgIpc) is 2.36. The van der Waals surface area contributed by atoms with Crippen LogP contribution < -0.4 is 0 Å². The van der Waals surface area contributed by atoms with Crippen LogP contribution in [-0.4, -0.2) is 11.6 Å². The Labute approximate surface area is 66.0 Å². The Hall–Kier alpha value is -1.04. The maximum Gasteiger partial charge on any atom is 0.304 e. The van der Waals surface area contributed by atoms with Crippen LogP contribution in [0.25, 0.3) is 0 Å². The molecule has 3 nitrogen and oxygen atoms in total. The highest BCUT2D eigenvalue weighted by Crippen LogP contribution is 2.32. The number of hydrogen-bond acceptors (Lipinski definition) is 3. The highest BCUT2D eigenvalue weighted by molar-refractivity contribution is 5.67. The fourth-order valence-electron chi connectivity index (χ4n) is 1.46. The second-order valence-corrected chi connectivity index (χ2v) is 2.91. The predicted molar refractivity (Wildman–Crippen MR) is 38.6 cm³/mol. The monoisotopic (exact) mass is 153 g/mol. The van der Waals surface area contributed by atoms with Crippen LogP contribution in [0.4, 0.5) is 0 Å². The van der Waals surface area contributed by atoms with E-state index in [1.165, 1.54) is 6.92 Å². The first kappa shape index (κ1) is 8.06. The van der Waals surface area contributed by atoms with Crippen molar-refractivity contribution in [1.29, 1.82) is 5.26 Å². The summed E-state index contributed by atoms with van der Waals surface area (Å²) in [5.41, 5.74) is -0.786. The van der Waals surface area contributed by atoms with Gasteiger partial charge in [0, 0.05) is 19.8 Å². The van der Waals surface area contributed by atoms with Gasteiger partial charge < -0.3 is 4.74 Å². The minimum atomic E-state index is -0.786. The van der Waals surface area contributed by atoms with Crippen LogP contribution in [0.2, 0.25) is 0 Å². The lowest BCUT2D eigenvalue weighted by Crippen LogP contribution is -2.28. The molecule has 0 aromatic rings. The molecule has 0 aliphatic heterocycles. The first-order valence-electron chi connectivity index (χ1n) is 3.79. The number of esters is 1. The lowest BCUT2D eigenvalue weighted by atomic mass is 10.1. The molecule has 11 heavy (non-hydrogen) atoms. The van der Waals surface area contributed by atoms with E-state index in [1.807, 2.05) is 0 Å². The molecular formula is C8H11NO2. The number of hydrogen-bond donors (Lipinski definition) is 0. The molecule has 1 aliphatic carbocycles. The molecule has 0 N–H and O–H groups in total. The van der Waals surface area contributed by atoms with Crippen LogP contribution in [0.5, 0.6) is 0 Å². The largest absolute Gasteiger partial charge is 0.444 e. The van der Waals surface area contributed by atoms with E-state index < -0.39 is 5.60 Å². The number of carbonyl (C=O) groups excluding carboxylic acids is 1. The van der Waals surface area contributed by atoms with Crippen molar-refractivity contribution in [2.24, 2.45) is 0 Å². The van der Waals surface area contributed by atoms with Gasteiger partial charge in [-0.05, 0) is 12.8 Å². The summed E-state index contributed by atoms with van der Waals surface area (Å²) in [5.74, 6) is -0.353. The SMILES string of the molecule is CC(=O)OC1(C#N)CCCC1. The zero-order chi connectivity index (χ0) is 8.32. The Morgan fingerprint density at radius 3 is 2.45 bits per heavy atom. The predicted octanol–water partition coefficient (Wildman–Crippen LogP) is 1.39. The molecule has 60 valence electrons. The first-order chi connectivity index (χ1) is 5.18. The van der Waals surface area contributed by atoms with E-state index in [2.05, 4.69) is 6.07 Å². The van der Waals surface area contributed by atoms with Crippen molar-refractivity contribution in [3.8, 4) is 6.07 Å². The van der Waals surface area contributed by atoms with Gasteiger partial charge in [-0.15, -0.1) is 0 Å². The number of nitriles is 1. The van der Waals surface area contributed by atoms with Crippen LogP contribution in [-0.2, 0) is 9.53 Å². The van der Waals surface area contributed by atoms with Gasteiger partial charge in [0.15, 0.2) is 5.60 Å². The molecule has 1 fully saturated rings. The minimum Gasteiger partial charge on any atom is -0.444 e. The molecule has 0 aromatic heterocycles. The van der Waals surface area contributed by atoms with Crippen LogP contribution in [0.15, 0.2) is 0 Å². The summed E-state index contributed by atoms with van der Waals surface area (Å²) in [7, 11) is 0. The van der Waals surface area contributed by atoms with E-state index in [0.29, 0.717) is 12.8 Å². The van der Waals surface area contributed by atoms with Crippen LogP contribution in [0.3, 0.4) is 0 Å². The molecule has 0 spiro atoms. The summed E-state index contributed by atoms with van der Waals surface area (Å²) in [5, 5.41) is 8.74. The van der Waals surface area contributed by atoms with Crippen molar-refractivity contribution in [1.82, 2.24) is 0 Å². The third-order valence-electron chi connectivity index (χ3n) is 1.95. The van der Waals surface area contributed by atoms with Gasteiger partial charge in [0.2, 0.25) is 0 Å². The molecule has 0 amide bonds. The molecule has 1 saturated carbocycles. The number of rotatable bonds is 1. The van der Waals surface area contributed by atoms with Crippen molar-refractivity contribution in [3.05, 3.63) is 0 Å². The van der Waals surface area contributed by atoms with Gasteiger partial charge in [0.05, 0.1) is 0 Å². The summed E-state index contributed by atoms with van der Waals surface area (Å²) in [6.07, 6.45) is 3.37. The highest BCUT2D eigenvalue weighted by Gasteiger charge is 2.36. The second-order valence-electron chi connectivity index (χ2n) is 2.91. The molecule has 1 aliphatic rings. The minimum absolute atomic E-state index is 0.353. The van der Waals surface area contributed by atoms with Gasteiger partial charge in [-0.2, -0.15) is 5.26 Å². The molecule has 0 atom stereocenters. The maximum atomic E-state index is 10.6. The third-order valence-corrected chi connectivity index (χ3v) is 1.95. The second kappa shape index (κ2) is 2.91. The fraction of sp³-hybridized carbons (Fsp3) is 0.750. The highest BCUT2D eigenvalue weighted by atomic mass is 16.6. The van der Waals surface area contributed by atoms with Crippen molar-refractivity contribution < 1.29 is 9.53 Å². The van der Waals surface area contributed by atoms with E-state index in [4.69, 9.17) is 10.00 Å². The lowest BCUT2D eigenvalue weighted by molar-refractivity contribution is -0.151. The smallest absolute Gasteiger partial charge is 0.304 e. The van der Waals surface area contributed by atoms with Gasteiger partial charge in [-0.3, -0.25) is 4.79 Å².